The van der Waals surface area contributed by atoms with E-state index in [1.54, 1.807) is 0 Å². The minimum absolute atomic E-state index is 0.0702. The van der Waals surface area contributed by atoms with Gasteiger partial charge in [0.15, 0.2) is 39.0 Å². The molecule has 1 saturated carbocycles. The average molecular weight is 382 g/mol. The minimum atomic E-state index is -0.685. The molecule has 2 saturated heterocycles. The molecule has 144 valence electrons. The second-order valence-electron chi connectivity index (χ2n) is 8.84. The first-order valence-corrected chi connectivity index (χ1v) is 10.4. The Labute approximate surface area is 158 Å². The smallest absolute Gasteiger partial charge is 0.190 e. The van der Waals surface area contributed by atoms with Crippen molar-refractivity contribution >= 4 is 11.2 Å². The summed E-state index contributed by atoms with van der Waals surface area (Å²) in [6.45, 7) is 10.5. The number of rotatable bonds is 4. The first-order valence-electron chi connectivity index (χ1n) is 9.27. The monoisotopic (exact) mass is 381 g/mol. The molecular weight excluding hydrogens is 352 g/mol. The number of ether oxygens (including phenoxy) is 3. The predicted octanol–water partition coefficient (Wildman–Crippen LogP) is 3.02. The summed E-state index contributed by atoms with van der Waals surface area (Å²) < 4.78 is 25.0. The van der Waals surface area contributed by atoms with Gasteiger partial charge in [-0.3, -0.25) is 0 Å². The first-order chi connectivity index (χ1) is 12.2. The van der Waals surface area contributed by atoms with E-state index >= 15 is 0 Å². The molecule has 6 heteroatoms. The van der Waals surface area contributed by atoms with Crippen LogP contribution < -0.4 is 0 Å². The van der Waals surface area contributed by atoms with Crippen molar-refractivity contribution in [1.82, 2.24) is 0 Å². The molecule has 0 radical (unpaired) electrons. The Hall–Kier alpha value is -0.630. The molecule has 1 N–H and O–H groups in total. The maximum Gasteiger partial charge on any atom is 0.190 e. The van der Waals surface area contributed by atoms with Gasteiger partial charge in [-0.1, -0.05) is 18.2 Å². The molecule has 1 aromatic rings. The Kier molecular flexibility index (Phi) is 4.46. The van der Waals surface area contributed by atoms with E-state index in [1.807, 2.05) is 32.0 Å². The SMILES string of the molecule is CC1(C)OC2C(O[S+](c3ccccc3)C(C)(C)C)[C@]3(C[C@@H]3CO)O[C@@H]2O1. The molecule has 4 rings (SSSR count). The largest absolute Gasteiger partial charge is 0.396 e. The third kappa shape index (κ3) is 3.11. The summed E-state index contributed by atoms with van der Waals surface area (Å²) in [7, 11) is 0. The van der Waals surface area contributed by atoms with Gasteiger partial charge in [0.05, 0.1) is 0 Å². The summed E-state index contributed by atoms with van der Waals surface area (Å²) in [6.07, 6.45) is -0.186. The summed E-state index contributed by atoms with van der Waals surface area (Å²) in [5.74, 6) is -0.607. The van der Waals surface area contributed by atoms with Crippen LogP contribution in [0, 0.1) is 5.92 Å². The van der Waals surface area contributed by atoms with E-state index < -0.39 is 28.9 Å². The fraction of sp³-hybridized carbons (Fsp3) is 0.700. The van der Waals surface area contributed by atoms with E-state index in [1.165, 1.54) is 0 Å². The van der Waals surface area contributed by atoms with Crippen LogP contribution in [-0.2, 0) is 29.6 Å². The highest BCUT2D eigenvalue weighted by molar-refractivity contribution is 7.93. The van der Waals surface area contributed by atoms with Gasteiger partial charge in [-0.15, -0.1) is 0 Å². The van der Waals surface area contributed by atoms with Crippen molar-refractivity contribution < 1.29 is 23.5 Å². The van der Waals surface area contributed by atoms with Crippen LogP contribution in [-0.4, -0.2) is 46.3 Å². The summed E-state index contributed by atoms with van der Waals surface area (Å²) in [6, 6.07) is 10.3. The van der Waals surface area contributed by atoms with Crippen molar-refractivity contribution in [2.45, 2.75) is 80.6 Å². The van der Waals surface area contributed by atoms with Crippen LogP contribution in [0.1, 0.15) is 41.0 Å². The quantitative estimate of drug-likeness (QED) is 0.813. The zero-order valence-electron chi connectivity index (χ0n) is 16.1. The highest BCUT2D eigenvalue weighted by atomic mass is 32.2. The van der Waals surface area contributed by atoms with Gasteiger partial charge in [0.25, 0.3) is 0 Å². The Balaban J connectivity index is 1.65. The lowest BCUT2D eigenvalue weighted by Crippen LogP contribution is -2.44. The van der Waals surface area contributed by atoms with Crippen molar-refractivity contribution in [2.75, 3.05) is 6.61 Å². The van der Waals surface area contributed by atoms with Crippen LogP contribution in [0.3, 0.4) is 0 Å². The van der Waals surface area contributed by atoms with E-state index in [-0.39, 0.29) is 29.5 Å². The van der Waals surface area contributed by atoms with E-state index in [0.29, 0.717) is 0 Å². The maximum absolute atomic E-state index is 9.71. The Morgan fingerprint density at radius 3 is 2.42 bits per heavy atom. The number of hydrogen-bond donors (Lipinski definition) is 1. The van der Waals surface area contributed by atoms with Gasteiger partial charge in [0.2, 0.25) is 0 Å². The highest BCUT2D eigenvalue weighted by Gasteiger charge is 2.75. The van der Waals surface area contributed by atoms with Crippen molar-refractivity contribution in [1.29, 1.82) is 0 Å². The van der Waals surface area contributed by atoms with E-state index in [4.69, 9.17) is 18.4 Å². The Bertz CT molecular complexity index is 658. The Morgan fingerprint density at radius 1 is 1.15 bits per heavy atom. The molecule has 3 unspecified atom stereocenters. The van der Waals surface area contributed by atoms with Crippen LogP contribution in [0.15, 0.2) is 35.2 Å². The van der Waals surface area contributed by atoms with Crippen LogP contribution in [0.25, 0.3) is 0 Å². The van der Waals surface area contributed by atoms with Gasteiger partial charge >= 0.3 is 0 Å². The van der Waals surface area contributed by atoms with Gasteiger partial charge in [0, 0.05) is 12.5 Å². The van der Waals surface area contributed by atoms with Gasteiger partial charge in [-0.05, 0) is 53.2 Å². The minimum Gasteiger partial charge on any atom is -0.396 e. The maximum atomic E-state index is 9.71. The van der Waals surface area contributed by atoms with Gasteiger partial charge in [0.1, 0.15) is 11.7 Å². The van der Waals surface area contributed by atoms with Crippen LogP contribution in [0.2, 0.25) is 0 Å². The molecular formula is C20H29O5S+. The molecule has 0 aromatic heterocycles. The molecule has 1 aromatic carbocycles. The molecule has 3 fully saturated rings. The molecule has 1 aliphatic carbocycles. The average Bonchev–Trinajstić information content (AvgIpc) is 3.08. The summed E-state index contributed by atoms with van der Waals surface area (Å²) in [4.78, 5) is 1.16. The molecule has 26 heavy (non-hydrogen) atoms. The van der Waals surface area contributed by atoms with Crippen LogP contribution >= 0.6 is 0 Å². The van der Waals surface area contributed by atoms with Crippen molar-refractivity contribution in [3.8, 4) is 0 Å². The number of hydrogen-bond acceptors (Lipinski definition) is 5. The summed E-state index contributed by atoms with van der Waals surface area (Å²) >= 11 is -0.450. The van der Waals surface area contributed by atoms with Gasteiger partial charge < -0.3 is 19.3 Å². The fourth-order valence-corrected chi connectivity index (χ4v) is 5.98. The van der Waals surface area contributed by atoms with Gasteiger partial charge in [-0.25, -0.2) is 0 Å². The second kappa shape index (κ2) is 6.19. The van der Waals surface area contributed by atoms with E-state index in [0.717, 1.165) is 11.3 Å². The van der Waals surface area contributed by atoms with Crippen molar-refractivity contribution in [3.63, 3.8) is 0 Å². The second-order valence-corrected chi connectivity index (χ2v) is 11.3. The molecule has 2 heterocycles. The number of benzene rings is 1. The molecule has 0 bridgehead atoms. The first kappa shape index (κ1) is 18.7. The Morgan fingerprint density at radius 2 is 1.85 bits per heavy atom. The molecule has 3 aliphatic rings. The summed E-state index contributed by atoms with van der Waals surface area (Å²) in [5, 5.41) is 9.71. The van der Waals surface area contributed by atoms with Crippen LogP contribution in [0.5, 0.6) is 0 Å². The third-order valence-electron chi connectivity index (χ3n) is 5.23. The number of fused-ring (bicyclic) bond motifs is 1. The standard InChI is InChI=1S/C20H29O5S/c1-18(2,3)26(14-9-7-6-8-10-14)25-16-15-17(23-19(4,5)22-15)24-20(16)11-13(20)12-21/h6-10,13,15-17,21H,11-12H2,1-5H3/q+1/t13-,15?,16?,17+,20-,26?/m1/s1. The summed E-state index contributed by atoms with van der Waals surface area (Å²) in [5.41, 5.74) is -0.494. The molecule has 5 nitrogen and oxygen atoms in total. The lowest BCUT2D eigenvalue weighted by Gasteiger charge is -2.28. The van der Waals surface area contributed by atoms with E-state index in [2.05, 4.69) is 32.9 Å². The fourth-order valence-electron chi connectivity index (χ4n) is 3.99. The highest BCUT2D eigenvalue weighted by Crippen LogP contribution is 2.60. The topological polar surface area (TPSA) is 57.2 Å². The normalized spacial score (nSPS) is 39.2. The molecule has 1 spiro atoms. The van der Waals surface area contributed by atoms with Crippen LogP contribution in [0.4, 0.5) is 0 Å². The van der Waals surface area contributed by atoms with E-state index in [9.17, 15) is 5.11 Å². The number of aliphatic hydroxyl groups excluding tert-OH is 1. The van der Waals surface area contributed by atoms with Crippen molar-refractivity contribution in [3.05, 3.63) is 30.3 Å². The molecule has 6 atom stereocenters. The zero-order valence-corrected chi connectivity index (χ0v) is 16.9. The third-order valence-corrected chi connectivity index (χ3v) is 7.45. The van der Waals surface area contributed by atoms with Crippen molar-refractivity contribution in [2.24, 2.45) is 5.92 Å². The number of aliphatic hydroxyl groups is 1. The zero-order chi connectivity index (χ0) is 18.7. The lowest BCUT2D eigenvalue weighted by atomic mass is 10.1. The predicted molar refractivity (Wildman–Crippen MR) is 99.5 cm³/mol. The molecule has 2 aliphatic heterocycles. The lowest BCUT2D eigenvalue weighted by molar-refractivity contribution is -0.220. The van der Waals surface area contributed by atoms with Gasteiger partial charge in [-0.2, -0.15) is 4.18 Å². The molecule has 0 amide bonds.